The molecule has 1 unspecified atom stereocenters. The first-order valence-corrected chi connectivity index (χ1v) is 7.14. The first-order valence-electron chi connectivity index (χ1n) is 6.23. The summed E-state index contributed by atoms with van der Waals surface area (Å²) in [4.78, 5) is 23.8. The van der Waals surface area contributed by atoms with Crippen LogP contribution in [0.4, 0.5) is 0 Å². The van der Waals surface area contributed by atoms with Crippen LogP contribution in [0.25, 0.3) is 0 Å². The van der Waals surface area contributed by atoms with Crippen LogP contribution in [-0.4, -0.2) is 23.1 Å². The Morgan fingerprint density at radius 3 is 3.00 bits per heavy atom. The van der Waals surface area contributed by atoms with Gasteiger partial charge in [-0.05, 0) is 30.9 Å². The Balaban J connectivity index is 2.36. The van der Waals surface area contributed by atoms with Crippen molar-refractivity contribution in [2.45, 2.75) is 31.0 Å². The molecule has 0 aliphatic carbocycles. The number of alkyl halides is 1. The van der Waals surface area contributed by atoms with Crippen molar-refractivity contribution in [1.29, 1.82) is 0 Å². The van der Waals surface area contributed by atoms with Gasteiger partial charge in [-0.25, -0.2) is 0 Å². The third-order valence-electron chi connectivity index (χ3n) is 3.19. The lowest BCUT2D eigenvalue weighted by Crippen LogP contribution is -2.23. The largest absolute Gasteiger partial charge is 0.352 e. The number of hydrogen-bond donors (Lipinski definition) is 1. The lowest BCUT2D eigenvalue weighted by molar-refractivity contribution is 0.0956. The van der Waals surface area contributed by atoms with Crippen LogP contribution in [0.1, 0.15) is 46.0 Å². The predicted molar refractivity (Wildman–Crippen MR) is 74.4 cm³/mol. The minimum Gasteiger partial charge on any atom is -0.352 e. The second-order valence-electron chi connectivity index (χ2n) is 4.47. The average Bonchev–Trinajstić information content (AvgIpc) is 2.59. The summed E-state index contributed by atoms with van der Waals surface area (Å²) >= 11 is 3.36. The molecule has 0 bridgehead atoms. The number of carbonyl (C=O) groups excluding carboxylic acids is 2. The van der Waals surface area contributed by atoms with Crippen molar-refractivity contribution in [3.8, 4) is 0 Å². The summed E-state index contributed by atoms with van der Waals surface area (Å²) < 4.78 is 0. The van der Waals surface area contributed by atoms with E-state index in [1.165, 1.54) is 0 Å². The first kappa shape index (κ1) is 13.3. The molecule has 0 fully saturated rings. The number of nitrogens with one attached hydrogen (secondary N) is 1. The van der Waals surface area contributed by atoms with E-state index < -0.39 is 0 Å². The van der Waals surface area contributed by atoms with Gasteiger partial charge in [0.1, 0.15) is 0 Å². The van der Waals surface area contributed by atoms with Crippen molar-refractivity contribution in [3.63, 3.8) is 0 Å². The van der Waals surface area contributed by atoms with Gasteiger partial charge >= 0.3 is 0 Å². The zero-order valence-electron chi connectivity index (χ0n) is 10.3. The van der Waals surface area contributed by atoms with Crippen LogP contribution in [0.3, 0.4) is 0 Å². The van der Waals surface area contributed by atoms with Crippen LogP contribution in [0.5, 0.6) is 0 Å². The lowest BCUT2D eigenvalue weighted by atomic mass is 9.98. The molecule has 1 aromatic rings. The Bertz CT molecular complexity index is 485. The molecule has 1 aliphatic rings. The van der Waals surface area contributed by atoms with Crippen molar-refractivity contribution >= 4 is 27.6 Å². The maximum absolute atomic E-state index is 12.1. The van der Waals surface area contributed by atoms with Crippen molar-refractivity contribution in [2.24, 2.45) is 0 Å². The van der Waals surface area contributed by atoms with E-state index in [4.69, 9.17) is 0 Å². The van der Waals surface area contributed by atoms with E-state index in [2.05, 4.69) is 21.2 Å². The van der Waals surface area contributed by atoms with Crippen molar-refractivity contribution in [3.05, 3.63) is 34.9 Å². The number of ketones is 1. The van der Waals surface area contributed by atoms with Crippen molar-refractivity contribution in [2.75, 3.05) is 6.54 Å². The average molecular weight is 310 g/mol. The summed E-state index contributed by atoms with van der Waals surface area (Å²) in [6.45, 7) is 2.65. The Hall–Kier alpha value is -1.16. The van der Waals surface area contributed by atoms with E-state index in [0.29, 0.717) is 17.7 Å². The van der Waals surface area contributed by atoms with E-state index >= 15 is 0 Å². The summed E-state index contributed by atoms with van der Waals surface area (Å²) in [6.07, 6.45) is 2.57. The summed E-state index contributed by atoms with van der Waals surface area (Å²) in [5.74, 6) is -0.0304. The Morgan fingerprint density at radius 1 is 1.50 bits per heavy atom. The molecule has 1 amide bonds. The fourth-order valence-corrected chi connectivity index (χ4v) is 2.37. The topological polar surface area (TPSA) is 46.2 Å². The van der Waals surface area contributed by atoms with E-state index in [9.17, 15) is 9.59 Å². The number of benzene rings is 1. The molecule has 4 heteroatoms. The van der Waals surface area contributed by atoms with Gasteiger partial charge in [-0.15, -0.1) is 0 Å². The van der Waals surface area contributed by atoms with Crippen LogP contribution >= 0.6 is 15.9 Å². The fourth-order valence-electron chi connectivity index (χ4n) is 2.10. The number of Topliss-reactive ketones (excluding diaryl/α,β-unsaturated/α-hetero) is 1. The third kappa shape index (κ3) is 2.64. The summed E-state index contributed by atoms with van der Waals surface area (Å²) in [5.41, 5.74) is 2.29. The molecule has 1 aromatic carbocycles. The zero-order chi connectivity index (χ0) is 13.1. The second kappa shape index (κ2) is 5.65. The molecule has 0 saturated carbocycles. The molecule has 1 N–H and O–H groups in total. The molecule has 0 radical (unpaired) electrons. The predicted octanol–water partition coefficient (Wildman–Crippen LogP) is 2.72. The Labute approximate surface area is 115 Å². The Morgan fingerprint density at radius 2 is 2.28 bits per heavy atom. The molecule has 1 atom stereocenters. The van der Waals surface area contributed by atoms with Gasteiger partial charge in [0.25, 0.3) is 5.91 Å². The molecular formula is C14H16BrNO2. The standard InChI is InChI=1S/C14H16BrNO2/c1-2-12(15)13(17)10-6-5-9-4-3-7-16-14(18)11(9)8-10/h5-6,8,12H,2-4,7H2,1H3,(H,16,18). The van der Waals surface area contributed by atoms with Gasteiger partial charge in [0.2, 0.25) is 0 Å². The van der Waals surface area contributed by atoms with E-state index in [0.717, 1.165) is 24.8 Å². The number of fused-ring (bicyclic) bond motifs is 1. The molecule has 3 nitrogen and oxygen atoms in total. The quantitative estimate of drug-likeness (QED) is 0.689. The van der Waals surface area contributed by atoms with Gasteiger partial charge in [0.15, 0.2) is 5.78 Å². The van der Waals surface area contributed by atoms with Gasteiger partial charge in [0.05, 0.1) is 4.83 Å². The fraction of sp³-hybridized carbons (Fsp3) is 0.429. The van der Waals surface area contributed by atoms with Crippen LogP contribution in [0, 0.1) is 0 Å². The van der Waals surface area contributed by atoms with E-state index in [1.807, 2.05) is 19.1 Å². The highest BCUT2D eigenvalue weighted by Gasteiger charge is 2.20. The van der Waals surface area contributed by atoms with Gasteiger partial charge in [-0.2, -0.15) is 0 Å². The first-order chi connectivity index (χ1) is 8.63. The minimum atomic E-state index is -0.176. The number of rotatable bonds is 3. The van der Waals surface area contributed by atoms with Gasteiger partial charge in [-0.1, -0.05) is 35.0 Å². The van der Waals surface area contributed by atoms with Crippen molar-refractivity contribution in [1.82, 2.24) is 5.32 Å². The smallest absolute Gasteiger partial charge is 0.251 e. The molecule has 2 rings (SSSR count). The number of amides is 1. The van der Waals surface area contributed by atoms with Crippen LogP contribution in [-0.2, 0) is 6.42 Å². The van der Waals surface area contributed by atoms with Gasteiger partial charge < -0.3 is 5.32 Å². The molecular weight excluding hydrogens is 294 g/mol. The molecule has 0 saturated heterocycles. The molecule has 0 spiro atoms. The Kier molecular flexibility index (Phi) is 4.17. The highest BCUT2D eigenvalue weighted by Crippen LogP contribution is 2.20. The number of aryl methyl sites for hydroxylation is 1. The normalized spacial score (nSPS) is 16.4. The monoisotopic (exact) mass is 309 g/mol. The van der Waals surface area contributed by atoms with Crippen LogP contribution in [0.15, 0.2) is 18.2 Å². The molecule has 1 aliphatic heterocycles. The summed E-state index contributed by atoms with van der Waals surface area (Å²) in [7, 11) is 0. The zero-order valence-corrected chi connectivity index (χ0v) is 11.9. The minimum absolute atomic E-state index is 0.0392. The lowest BCUT2D eigenvalue weighted by Gasteiger charge is -2.09. The SMILES string of the molecule is CCC(Br)C(=O)c1ccc2c(c1)C(=O)NCCC2. The maximum atomic E-state index is 12.1. The summed E-state index contributed by atoms with van der Waals surface area (Å²) in [5, 5.41) is 2.85. The molecule has 96 valence electrons. The third-order valence-corrected chi connectivity index (χ3v) is 4.25. The van der Waals surface area contributed by atoms with Crippen molar-refractivity contribution < 1.29 is 9.59 Å². The molecule has 18 heavy (non-hydrogen) atoms. The molecule has 1 heterocycles. The number of halogens is 1. The number of carbonyl (C=O) groups is 2. The van der Waals surface area contributed by atoms with E-state index in [-0.39, 0.29) is 16.5 Å². The van der Waals surface area contributed by atoms with Crippen LogP contribution in [0.2, 0.25) is 0 Å². The number of hydrogen-bond acceptors (Lipinski definition) is 2. The van der Waals surface area contributed by atoms with Gasteiger partial charge in [-0.3, -0.25) is 9.59 Å². The maximum Gasteiger partial charge on any atom is 0.251 e. The van der Waals surface area contributed by atoms with E-state index in [1.54, 1.807) is 6.07 Å². The second-order valence-corrected chi connectivity index (χ2v) is 5.58. The highest BCUT2D eigenvalue weighted by atomic mass is 79.9. The van der Waals surface area contributed by atoms with Crippen LogP contribution < -0.4 is 5.32 Å². The highest BCUT2D eigenvalue weighted by molar-refractivity contribution is 9.10. The summed E-state index contributed by atoms with van der Waals surface area (Å²) in [6, 6.07) is 5.45. The van der Waals surface area contributed by atoms with Gasteiger partial charge in [0, 0.05) is 17.7 Å². The molecule has 0 aromatic heterocycles.